The summed E-state index contributed by atoms with van der Waals surface area (Å²) in [5, 5.41) is 2.72. The Balaban J connectivity index is 1.94. The summed E-state index contributed by atoms with van der Waals surface area (Å²) < 4.78 is 5.71. The van der Waals surface area contributed by atoms with E-state index < -0.39 is 0 Å². The Kier molecular flexibility index (Phi) is 5.72. The van der Waals surface area contributed by atoms with Crippen LogP contribution < -0.4 is 11.1 Å². The van der Waals surface area contributed by atoms with Crippen molar-refractivity contribution in [1.82, 2.24) is 10.3 Å². The third-order valence-corrected chi connectivity index (χ3v) is 3.45. The molecule has 0 saturated heterocycles. The molecule has 5 nitrogen and oxygen atoms in total. The minimum absolute atomic E-state index is 0.0357. The molecule has 118 valence electrons. The van der Waals surface area contributed by atoms with Crippen LogP contribution in [0.4, 0.5) is 0 Å². The molecule has 1 aromatic heterocycles. The Hall–Kier alpha value is -2.14. The molecule has 0 bridgehead atoms. The number of oxazole rings is 1. The van der Waals surface area contributed by atoms with Gasteiger partial charge in [0.2, 0.25) is 5.91 Å². The van der Waals surface area contributed by atoms with Gasteiger partial charge in [0.1, 0.15) is 0 Å². The number of hydrogen-bond donors (Lipinski definition) is 2. The van der Waals surface area contributed by atoms with E-state index >= 15 is 0 Å². The van der Waals surface area contributed by atoms with Crippen molar-refractivity contribution < 1.29 is 9.21 Å². The average molecular weight is 301 g/mol. The van der Waals surface area contributed by atoms with Gasteiger partial charge in [-0.3, -0.25) is 4.79 Å². The predicted octanol–water partition coefficient (Wildman–Crippen LogP) is 2.47. The molecule has 0 atom stereocenters. The summed E-state index contributed by atoms with van der Waals surface area (Å²) in [5.74, 6) is 1.77. The molecule has 2 aromatic rings. The van der Waals surface area contributed by atoms with Crippen molar-refractivity contribution in [2.75, 3.05) is 13.1 Å². The summed E-state index contributed by atoms with van der Waals surface area (Å²) in [6.07, 6.45) is 2.55. The minimum Gasteiger partial charge on any atom is -0.441 e. The van der Waals surface area contributed by atoms with E-state index in [0.717, 1.165) is 11.3 Å². The van der Waals surface area contributed by atoms with Crippen LogP contribution in [0.1, 0.15) is 37.6 Å². The lowest BCUT2D eigenvalue weighted by Gasteiger charge is -2.05. The molecular weight excluding hydrogens is 278 g/mol. The van der Waals surface area contributed by atoms with Crippen LogP contribution in [-0.2, 0) is 11.2 Å². The highest BCUT2D eigenvalue weighted by Crippen LogP contribution is 2.23. The Morgan fingerprint density at radius 2 is 2.05 bits per heavy atom. The first kappa shape index (κ1) is 16.2. The number of carbonyl (C=O) groups is 1. The van der Waals surface area contributed by atoms with Crippen molar-refractivity contribution in [2.24, 2.45) is 5.73 Å². The molecular formula is C17H23N3O2. The Morgan fingerprint density at radius 1 is 1.32 bits per heavy atom. The number of carbonyl (C=O) groups excluding carboxylic acids is 1. The third-order valence-electron chi connectivity index (χ3n) is 3.45. The zero-order valence-electron chi connectivity index (χ0n) is 13.1. The molecule has 0 saturated carbocycles. The topological polar surface area (TPSA) is 81.2 Å². The Labute approximate surface area is 130 Å². The van der Waals surface area contributed by atoms with E-state index in [9.17, 15) is 4.79 Å². The number of hydrogen-bond acceptors (Lipinski definition) is 4. The van der Waals surface area contributed by atoms with E-state index in [1.54, 1.807) is 6.20 Å². The fraction of sp³-hybridized carbons (Fsp3) is 0.412. The van der Waals surface area contributed by atoms with Gasteiger partial charge in [-0.2, -0.15) is 0 Å². The summed E-state index contributed by atoms with van der Waals surface area (Å²) in [4.78, 5) is 15.7. The Bertz CT molecular complexity index is 603. The summed E-state index contributed by atoms with van der Waals surface area (Å²) in [6.45, 7) is 5.27. The van der Waals surface area contributed by atoms with Crippen molar-refractivity contribution in [3.63, 3.8) is 0 Å². The number of nitrogens with zero attached hydrogens (tertiary/aromatic N) is 1. The summed E-state index contributed by atoms with van der Waals surface area (Å²) in [7, 11) is 0. The Morgan fingerprint density at radius 3 is 2.68 bits per heavy atom. The molecule has 0 aliphatic heterocycles. The van der Waals surface area contributed by atoms with E-state index in [1.165, 1.54) is 5.56 Å². The minimum atomic E-state index is -0.0357. The van der Waals surface area contributed by atoms with Gasteiger partial charge in [0.25, 0.3) is 0 Å². The standard InChI is InChI=1S/C17H23N3O2/c1-12(2)13-3-5-14(6-4-13)15-11-20-17(22-15)8-7-16(21)19-10-9-18/h3-6,11-12H,7-10,18H2,1-2H3,(H,19,21). The number of amides is 1. The molecule has 22 heavy (non-hydrogen) atoms. The second-order valence-electron chi connectivity index (χ2n) is 5.53. The monoisotopic (exact) mass is 301 g/mol. The molecule has 1 heterocycles. The van der Waals surface area contributed by atoms with Crippen LogP contribution in [0, 0.1) is 0 Å². The number of aryl methyl sites for hydroxylation is 1. The summed E-state index contributed by atoms with van der Waals surface area (Å²) >= 11 is 0. The van der Waals surface area contributed by atoms with Crippen LogP contribution in [0.5, 0.6) is 0 Å². The van der Waals surface area contributed by atoms with Crippen LogP contribution in [0.2, 0.25) is 0 Å². The highest BCUT2D eigenvalue weighted by molar-refractivity contribution is 5.76. The quantitative estimate of drug-likeness (QED) is 0.823. The van der Waals surface area contributed by atoms with E-state index in [4.69, 9.17) is 10.2 Å². The van der Waals surface area contributed by atoms with Gasteiger partial charge >= 0.3 is 0 Å². The summed E-state index contributed by atoms with van der Waals surface area (Å²) in [6, 6.07) is 8.27. The summed E-state index contributed by atoms with van der Waals surface area (Å²) in [5.41, 5.74) is 7.62. The molecule has 1 amide bonds. The molecule has 0 fully saturated rings. The van der Waals surface area contributed by atoms with Crippen molar-refractivity contribution in [2.45, 2.75) is 32.6 Å². The first-order chi connectivity index (χ1) is 10.6. The van der Waals surface area contributed by atoms with Gasteiger partial charge in [0.15, 0.2) is 11.7 Å². The molecule has 0 aliphatic rings. The zero-order chi connectivity index (χ0) is 15.9. The van der Waals surface area contributed by atoms with Crippen molar-refractivity contribution >= 4 is 5.91 Å². The van der Waals surface area contributed by atoms with Crippen LogP contribution >= 0.6 is 0 Å². The first-order valence-electron chi connectivity index (χ1n) is 7.62. The van der Waals surface area contributed by atoms with Crippen LogP contribution in [0.3, 0.4) is 0 Å². The van der Waals surface area contributed by atoms with Gasteiger partial charge in [-0.15, -0.1) is 0 Å². The first-order valence-corrected chi connectivity index (χ1v) is 7.62. The highest BCUT2D eigenvalue weighted by Gasteiger charge is 2.09. The number of benzene rings is 1. The van der Waals surface area contributed by atoms with E-state index in [2.05, 4.69) is 36.3 Å². The second kappa shape index (κ2) is 7.75. The molecule has 0 radical (unpaired) electrons. The largest absolute Gasteiger partial charge is 0.441 e. The highest BCUT2D eigenvalue weighted by atomic mass is 16.4. The van der Waals surface area contributed by atoms with E-state index in [1.807, 2.05) is 12.1 Å². The zero-order valence-corrected chi connectivity index (χ0v) is 13.1. The van der Waals surface area contributed by atoms with Gasteiger partial charge in [0.05, 0.1) is 6.20 Å². The lowest BCUT2D eigenvalue weighted by Crippen LogP contribution is -2.29. The van der Waals surface area contributed by atoms with E-state index in [0.29, 0.717) is 37.7 Å². The van der Waals surface area contributed by atoms with Crippen LogP contribution in [-0.4, -0.2) is 24.0 Å². The van der Waals surface area contributed by atoms with Crippen molar-refractivity contribution in [1.29, 1.82) is 0 Å². The number of nitrogens with two attached hydrogens (primary N) is 1. The van der Waals surface area contributed by atoms with Crippen LogP contribution in [0.15, 0.2) is 34.9 Å². The van der Waals surface area contributed by atoms with Crippen LogP contribution in [0.25, 0.3) is 11.3 Å². The number of nitrogens with one attached hydrogen (secondary N) is 1. The lowest BCUT2D eigenvalue weighted by molar-refractivity contribution is -0.121. The third kappa shape index (κ3) is 4.43. The molecule has 0 unspecified atom stereocenters. The molecule has 3 N–H and O–H groups in total. The molecule has 2 rings (SSSR count). The van der Waals surface area contributed by atoms with Gasteiger partial charge in [-0.1, -0.05) is 38.1 Å². The van der Waals surface area contributed by atoms with Gasteiger partial charge in [-0.25, -0.2) is 4.98 Å². The van der Waals surface area contributed by atoms with Gasteiger partial charge in [0, 0.05) is 31.5 Å². The fourth-order valence-electron chi connectivity index (χ4n) is 2.11. The fourth-order valence-corrected chi connectivity index (χ4v) is 2.11. The van der Waals surface area contributed by atoms with Gasteiger partial charge in [-0.05, 0) is 11.5 Å². The van der Waals surface area contributed by atoms with Crippen molar-refractivity contribution in [3.8, 4) is 11.3 Å². The van der Waals surface area contributed by atoms with E-state index in [-0.39, 0.29) is 5.91 Å². The van der Waals surface area contributed by atoms with Gasteiger partial charge < -0.3 is 15.5 Å². The number of aromatic nitrogens is 1. The number of rotatable bonds is 7. The molecule has 0 aliphatic carbocycles. The lowest BCUT2D eigenvalue weighted by atomic mass is 10.0. The van der Waals surface area contributed by atoms with Crippen molar-refractivity contribution in [3.05, 3.63) is 41.9 Å². The normalized spacial score (nSPS) is 10.9. The second-order valence-corrected chi connectivity index (χ2v) is 5.53. The predicted molar refractivity (Wildman–Crippen MR) is 86.4 cm³/mol. The smallest absolute Gasteiger partial charge is 0.220 e. The average Bonchev–Trinajstić information content (AvgIpc) is 3.00. The molecule has 1 aromatic carbocycles. The molecule has 5 heteroatoms. The molecule has 0 spiro atoms. The maximum Gasteiger partial charge on any atom is 0.220 e. The maximum absolute atomic E-state index is 11.5. The SMILES string of the molecule is CC(C)c1ccc(-c2cnc(CCC(=O)NCCN)o2)cc1. The maximum atomic E-state index is 11.5.